The van der Waals surface area contributed by atoms with E-state index in [4.69, 9.17) is 0 Å². The summed E-state index contributed by atoms with van der Waals surface area (Å²) in [6.07, 6.45) is 6.61. The number of carbonyl (C=O) groups is 1. The first-order valence-corrected chi connectivity index (χ1v) is 7.72. The van der Waals surface area contributed by atoms with Crippen molar-refractivity contribution in [3.63, 3.8) is 0 Å². The van der Waals surface area contributed by atoms with Crippen LogP contribution in [0.4, 0.5) is 11.5 Å². The number of nitrogens with zero attached hydrogens (tertiary/aromatic N) is 2. The molecule has 1 heterocycles. The number of hydrogen-bond acceptors (Lipinski definition) is 3. The van der Waals surface area contributed by atoms with E-state index in [1.165, 1.54) is 0 Å². The predicted molar refractivity (Wildman–Crippen MR) is 85.2 cm³/mol. The van der Waals surface area contributed by atoms with Gasteiger partial charge in [0.1, 0.15) is 5.82 Å². The summed E-state index contributed by atoms with van der Waals surface area (Å²) in [5, 5.41) is 2.84. The van der Waals surface area contributed by atoms with Crippen LogP contribution in [0.1, 0.15) is 52.9 Å². The van der Waals surface area contributed by atoms with Crippen molar-refractivity contribution in [1.82, 2.24) is 4.98 Å². The van der Waals surface area contributed by atoms with Crippen LogP contribution in [0.3, 0.4) is 0 Å². The monoisotopic (exact) mass is 277 g/mol. The zero-order valence-electron chi connectivity index (χ0n) is 13.0. The highest BCUT2D eigenvalue weighted by Gasteiger charge is 2.06. The van der Waals surface area contributed by atoms with E-state index in [9.17, 15) is 4.79 Å². The molecule has 4 heteroatoms. The number of unbranched alkanes of at least 4 members (excludes halogenated alkanes) is 1. The van der Waals surface area contributed by atoms with Crippen LogP contribution in [-0.4, -0.2) is 24.0 Å². The van der Waals surface area contributed by atoms with Gasteiger partial charge in [0.25, 0.3) is 0 Å². The van der Waals surface area contributed by atoms with Crippen LogP contribution < -0.4 is 10.2 Å². The molecule has 1 N–H and O–H groups in total. The van der Waals surface area contributed by atoms with Crippen LogP contribution in [0.2, 0.25) is 0 Å². The SMILES string of the molecule is CCCCC(=O)Nc1ccc(N(CCC)CCC)cn1. The number of carbonyl (C=O) groups excluding carboxylic acids is 1. The van der Waals surface area contributed by atoms with E-state index in [-0.39, 0.29) is 5.91 Å². The number of amides is 1. The van der Waals surface area contributed by atoms with Gasteiger partial charge >= 0.3 is 0 Å². The molecule has 0 bridgehead atoms. The van der Waals surface area contributed by atoms with Gasteiger partial charge in [0.15, 0.2) is 0 Å². The smallest absolute Gasteiger partial charge is 0.225 e. The van der Waals surface area contributed by atoms with Crippen molar-refractivity contribution >= 4 is 17.4 Å². The normalized spacial score (nSPS) is 10.3. The van der Waals surface area contributed by atoms with Crippen molar-refractivity contribution in [2.75, 3.05) is 23.3 Å². The Labute approximate surface area is 122 Å². The fourth-order valence-corrected chi connectivity index (χ4v) is 2.10. The second kappa shape index (κ2) is 9.34. The van der Waals surface area contributed by atoms with Gasteiger partial charge in [-0.3, -0.25) is 4.79 Å². The third kappa shape index (κ3) is 5.59. The summed E-state index contributed by atoms with van der Waals surface area (Å²) in [6.45, 7) is 8.52. The number of anilines is 2. The lowest BCUT2D eigenvalue weighted by Crippen LogP contribution is -2.25. The van der Waals surface area contributed by atoms with Gasteiger partial charge in [0.2, 0.25) is 5.91 Å². The Kier molecular flexibility index (Phi) is 7.70. The minimum Gasteiger partial charge on any atom is -0.370 e. The Morgan fingerprint density at radius 2 is 1.85 bits per heavy atom. The minimum atomic E-state index is 0.0473. The van der Waals surface area contributed by atoms with Crippen molar-refractivity contribution in [3.8, 4) is 0 Å². The Balaban J connectivity index is 2.60. The third-order valence-electron chi connectivity index (χ3n) is 3.12. The fourth-order valence-electron chi connectivity index (χ4n) is 2.10. The summed E-state index contributed by atoms with van der Waals surface area (Å²) < 4.78 is 0. The van der Waals surface area contributed by atoms with Gasteiger partial charge in [0.05, 0.1) is 11.9 Å². The van der Waals surface area contributed by atoms with Crippen molar-refractivity contribution in [2.45, 2.75) is 52.9 Å². The van der Waals surface area contributed by atoms with E-state index in [1.807, 2.05) is 18.3 Å². The number of pyridine rings is 1. The van der Waals surface area contributed by atoms with Crippen LogP contribution in [0, 0.1) is 0 Å². The van der Waals surface area contributed by atoms with Crippen molar-refractivity contribution in [3.05, 3.63) is 18.3 Å². The highest BCUT2D eigenvalue weighted by molar-refractivity contribution is 5.89. The molecule has 20 heavy (non-hydrogen) atoms. The van der Waals surface area contributed by atoms with Gasteiger partial charge in [0, 0.05) is 19.5 Å². The van der Waals surface area contributed by atoms with Crippen LogP contribution in [0.5, 0.6) is 0 Å². The van der Waals surface area contributed by atoms with Gasteiger partial charge in [-0.25, -0.2) is 4.98 Å². The Morgan fingerprint density at radius 3 is 2.35 bits per heavy atom. The molecule has 0 atom stereocenters. The average Bonchev–Trinajstić information content (AvgIpc) is 2.46. The molecule has 1 aromatic heterocycles. The molecule has 4 nitrogen and oxygen atoms in total. The van der Waals surface area contributed by atoms with Gasteiger partial charge < -0.3 is 10.2 Å². The summed E-state index contributed by atoms with van der Waals surface area (Å²) >= 11 is 0. The lowest BCUT2D eigenvalue weighted by atomic mass is 10.2. The number of aromatic nitrogens is 1. The van der Waals surface area contributed by atoms with Gasteiger partial charge in [-0.2, -0.15) is 0 Å². The molecular weight excluding hydrogens is 250 g/mol. The maximum absolute atomic E-state index is 11.6. The van der Waals surface area contributed by atoms with E-state index >= 15 is 0 Å². The molecule has 0 spiro atoms. The topological polar surface area (TPSA) is 45.2 Å². The number of nitrogens with one attached hydrogen (secondary N) is 1. The molecule has 0 unspecified atom stereocenters. The van der Waals surface area contributed by atoms with E-state index in [2.05, 4.69) is 36.0 Å². The van der Waals surface area contributed by atoms with Gasteiger partial charge in [-0.05, 0) is 31.4 Å². The Morgan fingerprint density at radius 1 is 1.15 bits per heavy atom. The van der Waals surface area contributed by atoms with E-state index < -0.39 is 0 Å². The average molecular weight is 277 g/mol. The summed E-state index contributed by atoms with van der Waals surface area (Å²) in [5.74, 6) is 0.689. The number of rotatable bonds is 9. The standard InChI is InChI=1S/C16H27N3O/c1-4-7-8-16(20)18-15-10-9-14(13-17-15)19(11-5-2)12-6-3/h9-10,13H,4-8,11-12H2,1-3H3,(H,17,18,20). The highest BCUT2D eigenvalue weighted by atomic mass is 16.1. The van der Waals surface area contributed by atoms with Crippen LogP contribution >= 0.6 is 0 Å². The lowest BCUT2D eigenvalue weighted by molar-refractivity contribution is -0.116. The predicted octanol–water partition coefficient (Wildman–Crippen LogP) is 3.84. The molecule has 0 saturated heterocycles. The van der Waals surface area contributed by atoms with E-state index in [0.29, 0.717) is 12.2 Å². The maximum Gasteiger partial charge on any atom is 0.225 e. The zero-order valence-corrected chi connectivity index (χ0v) is 13.0. The molecule has 0 aliphatic carbocycles. The Hall–Kier alpha value is -1.58. The maximum atomic E-state index is 11.6. The zero-order chi connectivity index (χ0) is 14.8. The summed E-state index contributed by atoms with van der Waals surface area (Å²) in [7, 11) is 0. The summed E-state index contributed by atoms with van der Waals surface area (Å²) in [4.78, 5) is 18.3. The third-order valence-corrected chi connectivity index (χ3v) is 3.12. The van der Waals surface area contributed by atoms with Crippen molar-refractivity contribution in [1.29, 1.82) is 0 Å². The molecule has 1 amide bonds. The van der Waals surface area contributed by atoms with Crippen molar-refractivity contribution in [2.24, 2.45) is 0 Å². The van der Waals surface area contributed by atoms with Crippen LogP contribution in [0.25, 0.3) is 0 Å². The first-order chi connectivity index (χ1) is 9.71. The highest BCUT2D eigenvalue weighted by Crippen LogP contribution is 2.16. The number of hydrogen-bond donors (Lipinski definition) is 1. The molecule has 1 rings (SSSR count). The van der Waals surface area contributed by atoms with Crippen LogP contribution in [0.15, 0.2) is 18.3 Å². The molecule has 0 aliphatic heterocycles. The first-order valence-electron chi connectivity index (χ1n) is 7.72. The van der Waals surface area contributed by atoms with Gasteiger partial charge in [-0.1, -0.05) is 27.2 Å². The summed E-state index contributed by atoms with van der Waals surface area (Å²) in [6, 6.07) is 3.92. The van der Waals surface area contributed by atoms with Gasteiger partial charge in [-0.15, -0.1) is 0 Å². The first kappa shape index (κ1) is 16.5. The molecule has 0 saturated carbocycles. The lowest BCUT2D eigenvalue weighted by Gasteiger charge is -2.23. The second-order valence-corrected chi connectivity index (χ2v) is 5.04. The fraction of sp³-hybridized carbons (Fsp3) is 0.625. The Bertz CT molecular complexity index is 383. The molecule has 112 valence electrons. The molecule has 0 radical (unpaired) electrons. The molecule has 0 aromatic carbocycles. The molecule has 0 fully saturated rings. The van der Waals surface area contributed by atoms with E-state index in [1.54, 1.807) is 0 Å². The largest absolute Gasteiger partial charge is 0.370 e. The molecular formula is C16H27N3O. The van der Waals surface area contributed by atoms with E-state index in [0.717, 1.165) is 44.5 Å². The van der Waals surface area contributed by atoms with Crippen LogP contribution in [-0.2, 0) is 4.79 Å². The molecule has 0 aliphatic rings. The molecule has 1 aromatic rings. The quantitative estimate of drug-likeness (QED) is 0.746. The summed E-state index contributed by atoms with van der Waals surface area (Å²) in [5.41, 5.74) is 1.13. The van der Waals surface area contributed by atoms with Crippen molar-refractivity contribution < 1.29 is 4.79 Å². The minimum absolute atomic E-state index is 0.0473. The second-order valence-electron chi connectivity index (χ2n) is 5.04.